The van der Waals surface area contributed by atoms with Gasteiger partial charge in [0.1, 0.15) is 6.04 Å². The Morgan fingerprint density at radius 3 is 2.69 bits per heavy atom. The molecule has 9 heteroatoms. The molecule has 3 unspecified atom stereocenters. The van der Waals surface area contributed by atoms with Crippen molar-refractivity contribution in [3.05, 3.63) is 42.5 Å². The number of nitrogens with one attached hydrogen (secondary N) is 2. The molecule has 3 aliphatic heterocycles. The summed E-state index contributed by atoms with van der Waals surface area (Å²) in [6, 6.07) is 12.3. The third-order valence-corrected chi connectivity index (χ3v) is 10.8. The molecule has 186 valence electrons. The lowest BCUT2D eigenvalue weighted by Crippen LogP contribution is -2.55. The van der Waals surface area contributed by atoms with Crippen LogP contribution in [-0.2, 0) is 14.4 Å². The van der Waals surface area contributed by atoms with Gasteiger partial charge in [-0.25, -0.2) is 0 Å². The molecule has 2 aromatic rings. The summed E-state index contributed by atoms with van der Waals surface area (Å²) in [5.74, 6) is -1.72. The van der Waals surface area contributed by atoms with Gasteiger partial charge in [0.2, 0.25) is 17.7 Å². The van der Waals surface area contributed by atoms with E-state index in [1.165, 1.54) is 4.90 Å². The molecule has 3 fully saturated rings. The second-order valence-electron chi connectivity index (χ2n) is 9.78. The SMILES string of the molecule is CCCNC(=O)[C@H]1[C@@H]2SC3(CC2Br)C(C(=O)Nc2ccc4ccccc4c2)N([C@H](C)CO)C(=O)[C@H]13. The standard InChI is InChI=1S/C26H30BrN3O4S/c1-3-10-28-23(32)19-20-25(34)30(14(2)13-31)22(26(20)12-18(27)21(19)35-26)24(33)29-17-9-8-15-6-4-5-7-16(15)11-17/h4-9,11,14,18-22,31H,3,10,12-13H2,1-2H3,(H,28,32)(H,29,33)/t14-,18?,19-,20+,21-,22?,26?/m1/s1. The average molecular weight is 561 g/mol. The number of alkyl halides is 1. The molecule has 0 aromatic heterocycles. The predicted octanol–water partition coefficient (Wildman–Crippen LogP) is 3.15. The van der Waals surface area contributed by atoms with Crippen LogP contribution in [0.5, 0.6) is 0 Å². The fourth-order valence-corrected chi connectivity index (χ4v) is 9.67. The molecule has 35 heavy (non-hydrogen) atoms. The fourth-order valence-electron chi connectivity index (χ4n) is 6.07. The fraction of sp³-hybridized carbons (Fsp3) is 0.500. The number of anilines is 1. The van der Waals surface area contributed by atoms with Crippen LogP contribution < -0.4 is 10.6 Å². The van der Waals surface area contributed by atoms with Crippen molar-refractivity contribution in [3.8, 4) is 0 Å². The molecule has 3 N–H and O–H groups in total. The molecule has 0 radical (unpaired) electrons. The lowest BCUT2D eigenvalue weighted by molar-refractivity contribution is -0.141. The number of carbonyl (C=O) groups is 3. The Kier molecular flexibility index (Phi) is 6.61. The predicted molar refractivity (Wildman–Crippen MR) is 141 cm³/mol. The Morgan fingerprint density at radius 1 is 1.23 bits per heavy atom. The van der Waals surface area contributed by atoms with Crippen LogP contribution in [0.1, 0.15) is 26.7 Å². The highest BCUT2D eigenvalue weighted by Gasteiger charge is 2.75. The van der Waals surface area contributed by atoms with Crippen molar-refractivity contribution in [2.75, 3.05) is 18.5 Å². The van der Waals surface area contributed by atoms with E-state index in [4.69, 9.17) is 0 Å². The van der Waals surface area contributed by atoms with E-state index in [-0.39, 0.29) is 34.4 Å². The Hall–Kier alpha value is -2.10. The number of aliphatic hydroxyl groups is 1. The molecule has 0 aliphatic carbocycles. The number of hydrogen-bond donors (Lipinski definition) is 3. The van der Waals surface area contributed by atoms with Gasteiger partial charge in [-0.15, -0.1) is 11.8 Å². The smallest absolute Gasteiger partial charge is 0.248 e. The summed E-state index contributed by atoms with van der Waals surface area (Å²) in [6.45, 7) is 4.03. The van der Waals surface area contributed by atoms with E-state index in [1.807, 2.05) is 49.4 Å². The number of halogens is 1. The topological polar surface area (TPSA) is 98.7 Å². The number of aliphatic hydroxyl groups excluding tert-OH is 1. The van der Waals surface area contributed by atoms with Gasteiger partial charge in [-0.2, -0.15) is 0 Å². The second-order valence-corrected chi connectivity index (χ2v) is 12.5. The van der Waals surface area contributed by atoms with Gasteiger partial charge in [-0.05, 0) is 42.7 Å². The van der Waals surface area contributed by atoms with Gasteiger partial charge in [0.15, 0.2) is 0 Å². The van der Waals surface area contributed by atoms with E-state index in [0.29, 0.717) is 18.7 Å². The quantitative estimate of drug-likeness (QED) is 0.452. The monoisotopic (exact) mass is 559 g/mol. The van der Waals surface area contributed by atoms with Crippen molar-refractivity contribution >= 4 is 61.9 Å². The van der Waals surface area contributed by atoms with E-state index < -0.39 is 28.7 Å². The van der Waals surface area contributed by atoms with E-state index in [0.717, 1.165) is 17.2 Å². The normalized spacial score (nSPS) is 32.1. The maximum atomic E-state index is 13.9. The second kappa shape index (κ2) is 9.41. The Bertz CT molecular complexity index is 1180. The minimum absolute atomic E-state index is 0.0225. The van der Waals surface area contributed by atoms with Gasteiger partial charge >= 0.3 is 0 Å². The maximum absolute atomic E-state index is 13.9. The number of nitrogens with zero attached hydrogens (tertiary/aromatic N) is 1. The molecule has 2 bridgehead atoms. The summed E-state index contributed by atoms with van der Waals surface area (Å²) in [5, 5.41) is 18.0. The highest BCUT2D eigenvalue weighted by molar-refractivity contribution is 9.09. The van der Waals surface area contributed by atoms with E-state index in [9.17, 15) is 19.5 Å². The van der Waals surface area contributed by atoms with Crippen LogP contribution in [0.15, 0.2) is 42.5 Å². The first-order valence-corrected chi connectivity index (χ1v) is 13.9. The number of carbonyl (C=O) groups excluding carboxylic acids is 3. The van der Waals surface area contributed by atoms with Crippen molar-refractivity contribution in [2.45, 2.75) is 53.6 Å². The number of rotatable bonds is 7. The third kappa shape index (κ3) is 3.86. The number of amides is 3. The molecule has 3 amide bonds. The average Bonchev–Trinajstić information content (AvgIpc) is 3.45. The summed E-state index contributed by atoms with van der Waals surface area (Å²) in [4.78, 5) is 42.5. The van der Waals surface area contributed by atoms with Crippen molar-refractivity contribution in [1.82, 2.24) is 10.2 Å². The summed E-state index contributed by atoms with van der Waals surface area (Å²) in [6.07, 6.45) is 1.42. The molecule has 3 heterocycles. The van der Waals surface area contributed by atoms with Crippen LogP contribution >= 0.6 is 27.7 Å². The van der Waals surface area contributed by atoms with Crippen molar-refractivity contribution in [1.29, 1.82) is 0 Å². The first kappa shape index (κ1) is 24.6. The molecule has 2 aromatic carbocycles. The minimum Gasteiger partial charge on any atom is -0.394 e. The molecule has 5 rings (SSSR count). The molecule has 3 aliphatic rings. The first-order chi connectivity index (χ1) is 16.8. The van der Waals surface area contributed by atoms with Gasteiger partial charge in [0, 0.05) is 22.3 Å². The molecule has 3 saturated heterocycles. The van der Waals surface area contributed by atoms with Crippen LogP contribution in [0.3, 0.4) is 0 Å². The van der Waals surface area contributed by atoms with Crippen molar-refractivity contribution in [2.24, 2.45) is 11.8 Å². The molecular formula is C26H30BrN3O4S. The van der Waals surface area contributed by atoms with Gasteiger partial charge in [-0.1, -0.05) is 53.2 Å². The molecule has 7 nitrogen and oxygen atoms in total. The van der Waals surface area contributed by atoms with Crippen LogP contribution in [0.2, 0.25) is 0 Å². The van der Waals surface area contributed by atoms with E-state index >= 15 is 0 Å². The highest BCUT2D eigenvalue weighted by atomic mass is 79.9. The summed E-state index contributed by atoms with van der Waals surface area (Å²) in [7, 11) is 0. The lowest BCUT2D eigenvalue weighted by Gasteiger charge is -2.36. The van der Waals surface area contributed by atoms with Gasteiger partial charge < -0.3 is 20.6 Å². The number of thioether (sulfide) groups is 1. The van der Waals surface area contributed by atoms with Crippen LogP contribution in [0, 0.1) is 11.8 Å². The van der Waals surface area contributed by atoms with Crippen molar-refractivity contribution in [3.63, 3.8) is 0 Å². The summed E-state index contributed by atoms with van der Waals surface area (Å²) >= 11 is 5.36. The van der Waals surface area contributed by atoms with Crippen LogP contribution in [0.4, 0.5) is 5.69 Å². The zero-order valence-electron chi connectivity index (χ0n) is 19.7. The van der Waals surface area contributed by atoms with Crippen molar-refractivity contribution < 1.29 is 19.5 Å². The highest BCUT2D eigenvalue weighted by Crippen LogP contribution is 2.68. The minimum atomic E-state index is -0.785. The number of benzene rings is 2. The number of fused-ring (bicyclic) bond motifs is 2. The van der Waals surface area contributed by atoms with E-state index in [2.05, 4.69) is 26.6 Å². The molecule has 0 saturated carbocycles. The molecule has 7 atom stereocenters. The third-order valence-electron chi connectivity index (χ3n) is 7.58. The number of likely N-dealkylation sites (tertiary alicyclic amines) is 1. The summed E-state index contributed by atoms with van der Waals surface area (Å²) in [5.41, 5.74) is 0.655. The Balaban J connectivity index is 1.51. The Labute approximate surface area is 217 Å². The van der Waals surface area contributed by atoms with Gasteiger partial charge in [-0.3, -0.25) is 14.4 Å². The lowest BCUT2D eigenvalue weighted by atomic mass is 9.70. The Morgan fingerprint density at radius 2 is 1.97 bits per heavy atom. The zero-order valence-corrected chi connectivity index (χ0v) is 22.1. The van der Waals surface area contributed by atoms with Gasteiger partial charge in [0.05, 0.1) is 29.2 Å². The van der Waals surface area contributed by atoms with Crippen LogP contribution in [-0.4, -0.2) is 67.8 Å². The number of hydrogen-bond acceptors (Lipinski definition) is 5. The largest absolute Gasteiger partial charge is 0.394 e. The molecule has 1 spiro atoms. The van der Waals surface area contributed by atoms with E-state index in [1.54, 1.807) is 18.7 Å². The maximum Gasteiger partial charge on any atom is 0.248 e. The summed E-state index contributed by atoms with van der Waals surface area (Å²) < 4.78 is -0.728. The van der Waals surface area contributed by atoms with Crippen LogP contribution in [0.25, 0.3) is 10.8 Å². The zero-order chi connectivity index (χ0) is 24.9. The first-order valence-electron chi connectivity index (χ1n) is 12.1. The molecular weight excluding hydrogens is 530 g/mol. The van der Waals surface area contributed by atoms with Gasteiger partial charge in [0.25, 0.3) is 0 Å².